The Kier molecular flexibility index (Phi) is 4.28. The van der Waals surface area contributed by atoms with Gasteiger partial charge in [-0.05, 0) is 29.3 Å². The minimum absolute atomic E-state index is 0.0185. The first-order valence-corrected chi connectivity index (χ1v) is 9.85. The van der Waals surface area contributed by atoms with Crippen LogP contribution in [-0.4, -0.2) is 11.8 Å². The molecule has 0 aromatic heterocycles. The zero-order valence-electron chi connectivity index (χ0n) is 16.0. The molecule has 3 aromatic carbocycles. The van der Waals surface area contributed by atoms with Gasteiger partial charge in [-0.2, -0.15) is 0 Å². The number of carbonyl (C=O) groups excluding carboxylic acids is 2. The van der Waals surface area contributed by atoms with E-state index in [0.717, 1.165) is 0 Å². The first-order valence-electron chi connectivity index (χ1n) is 9.85. The summed E-state index contributed by atoms with van der Waals surface area (Å²) < 4.78 is 35.4. The Bertz CT molecular complexity index is 1110. The molecule has 3 aromatic rings. The van der Waals surface area contributed by atoms with Crippen molar-refractivity contribution in [1.82, 2.24) is 0 Å². The van der Waals surface area contributed by atoms with E-state index in [-0.39, 0.29) is 29.8 Å². The van der Waals surface area contributed by atoms with Crippen LogP contribution in [0.1, 0.15) is 41.4 Å². The summed E-state index contributed by atoms with van der Waals surface area (Å²) in [5, 5.41) is 0. The van der Waals surface area contributed by atoms with Crippen molar-refractivity contribution >= 4 is 11.8 Å². The third-order valence-corrected chi connectivity index (χ3v) is 6.40. The molecular formula is C25H18F2O3. The van der Waals surface area contributed by atoms with E-state index in [9.17, 15) is 18.4 Å². The van der Waals surface area contributed by atoms with Crippen LogP contribution < -0.4 is 4.74 Å². The van der Waals surface area contributed by atoms with Gasteiger partial charge in [-0.15, -0.1) is 0 Å². The summed E-state index contributed by atoms with van der Waals surface area (Å²) in [5.41, 5.74) is -0.292. The van der Waals surface area contributed by atoms with Crippen molar-refractivity contribution in [3.63, 3.8) is 0 Å². The highest BCUT2D eigenvalue weighted by molar-refractivity contribution is 5.97. The lowest BCUT2D eigenvalue weighted by atomic mass is 9.54. The molecule has 1 unspecified atom stereocenters. The van der Waals surface area contributed by atoms with Crippen molar-refractivity contribution in [2.45, 2.75) is 30.1 Å². The highest BCUT2D eigenvalue weighted by Crippen LogP contribution is 2.60. The van der Waals surface area contributed by atoms with E-state index in [0.29, 0.717) is 11.3 Å². The first-order chi connectivity index (χ1) is 14.5. The van der Waals surface area contributed by atoms with E-state index in [1.54, 1.807) is 60.7 Å². The standard InChI is InChI=1S/C25H18F2O3/c26-21-10-4-1-7-16(21)19-13-15(28)14-20(17-8-2-5-11-22(17)27)25(19)18-9-3-6-12-23(18)30-24(25)29/h1-12,19-20H,13-14H2/t19-,20+,25?. The Labute approximate surface area is 172 Å². The molecule has 0 N–H and O–H groups in total. The van der Waals surface area contributed by atoms with Crippen molar-refractivity contribution in [2.24, 2.45) is 0 Å². The van der Waals surface area contributed by atoms with Gasteiger partial charge in [-0.1, -0.05) is 54.6 Å². The molecule has 1 aliphatic carbocycles. The SMILES string of the molecule is O=C1C[C@H](c2ccccc2F)C2(C(=O)Oc3ccccc32)[C@H](c2ccccc2F)C1. The maximum atomic E-state index is 14.9. The van der Waals surface area contributed by atoms with Gasteiger partial charge in [-0.25, -0.2) is 8.78 Å². The van der Waals surface area contributed by atoms with Gasteiger partial charge in [0.05, 0.1) is 0 Å². The molecule has 0 radical (unpaired) electrons. The van der Waals surface area contributed by atoms with Crippen LogP contribution >= 0.6 is 0 Å². The number of fused-ring (bicyclic) bond motifs is 2. The summed E-state index contributed by atoms with van der Waals surface area (Å²) in [4.78, 5) is 26.3. The summed E-state index contributed by atoms with van der Waals surface area (Å²) >= 11 is 0. The highest BCUT2D eigenvalue weighted by Gasteiger charge is 2.63. The van der Waals surface area contributed by atoms with Crippen molar-refractivity contribution in [2.75, 3.05) is 0 Å². The summed E-state index contributed by atoms with van der Waals surface area (Å²) in [6, 6.07) is 19.2. The predicted octanol–water partition coefficient (Wildman–Crippen LogP) is 5.05. The van der Waals surface area contributed by atoms with E-state index < -0.39 is 34.9 Å². The van der Waals surface area contributed by atoms with Gasteiger partial charge < -0.3 is 4.74 Å². The lowest BCUT2D eigenvalue weighted by molar-refractivity contribution is -0.142. The topological polar surface area (TPSA) is 43.4 Å². The zero-order chi connectivity index (χ0) is 20.9. The number of ether oxygens (including phenoxy) is 1. The summed E-state index contributed by atoms with van der Waals surface area (Å²) in [5.74, 6) is -2.94. The normalized spacial score (nSPS) is 25.3. The molecule has 0 bridgehead atoms. The molecule has 0 amide bonds. The van der Waals surface area contributed by atoms with Crippen LogP contribution in [0.2, 0.25) is 0 Å². The predicted molar refractivity (Wildman–Crippen MR) is 106 cm³/mol. The number of benzene rings is 3. The number of hydrogen-bond donors (Lipinski definition) is 0. The van der Waals surface area contributed by atoms with Gasteiger partial charge in [0.2, 0.25) is 0 Å². The van der Waals surface area contributed by atoms with Crippen LogP contribution in [-0.2, 0) is 15.0 Å². The number of rotatable bonds is 2. The van der Waals surface area contributed by atoms with E-state index in [4.69, 9.17) is 4.74 Å². The Balaban J connectivity index is 1.84. The van der Waals surface area contributed by atoms with Crippen molar-refractivity contribution < 1.29 is 23.1 Å². The average molecular weight is 404 g/mol. The zero-order valence-corrected chi connectivity index (χ0v) is 16.0. The highest BCUT2D eigenvalue weighted by atomic mass is 19.1. The van der Waals surface area contributed by atoms with Gasteiger partial charge in [-0.3, -0.25) is 9.59 Å². The van der Waals surface area contributed by atoms with E-state index >= 15 is 0 Å². The summed E-state index contributed by atoms with van der Waals surface area (Å²) in [6.45, 7) is 0. The average Bonchev–Trinajstić information content (AvgIpc) is 3.03. The van der Waals surface area contributed by atoms with E-state index in [1.807, 2.05) is 0 Å². The Morgan fingerprint density at radius 3 is 1.80 bits per heavy atom. The van der Waals surface area contributed by atoms with Gasteiger partial charge in [0.15, 0.2) is 0 Å². The van der Waals surface area contributed by atoms with Crippen LogP contribution in [0.25, 0.3) is 0 Å². The van der Waals surface area contributed by atoms with Gasteiger partial charge in [0.1, 0.15) is 28.6 Å². The van der Waals surface area contributed by atoms with E-state index in [2.05, 4.69) is 0 Å². The maximum absolute atomic E-state index is 14.9. The van der Waals surface area contributed by atoms with Crippen molar-refractivity contribution in [3.8, 4) is 5.75 Å². The number of para-hydroxylation sites is 1. The van der Waals surface area contributed by atoms with Crippen molar-refractivity contribution in [1.29, 1.82) is 0 Å². The molecule has 1 aliphatic heterocycles. The van der Waals surface area contributed by atoms with Crippen LogP contribution in [0.3, 0.4) is 0 Å². The van der Waals surface area contributed by atoms with Crippen molar-refractivity contribution in [3.05, 3.63) is 101 Å². The largest absolute Gasteiger partial charge is 0.426 e. The number of halogens is 2. The Hall–Kier alpha value is -3.34. The molecular weight excluding hydrogens is 386 g/mol. The molecule has 1 saturated carbocycles. The molecule has 150 valence electrons. The van der Waals surface area contributed by atoms with E-state index in [1.165, 1.54) is 12.1 Å². The second-order valence-electron chi connectivity index (χ2n) is 7.85. The van der Waals surface area contributed by atoms with Gasteiger partial charge in [0, 0.05) is 30.2 Å². The summed E-state index contributed by atoms with van der Waals surface area (Å²) in [6.07, 6.45) is -0.0371. The van der Waals surface area contributed by atoms with Gasteiger partial charge >= 0.3 is 5.97 Å². The van der Waals surface area contributed by atoms with Gasteiger partial charge in [0.25, 0.3) is 0 Å². The monoisotopic (exact) mass is 404 g/mol. The second-order valence-corrected chi connectivity index (χ2v) is 7.85. The third-order valence-electron chi connectivity index (χ3n) is 6.40. The fraction of sp³-hybridized carbons (Fsp3) is 0.200. The molecule has 1 fully saturated rings. The molecule has 30 heavy (non-hydrogen) atoms. The third kappa shape index (κ3) is 2.54. The maximum Gasteiger partial charge on any atom is 0.323 e. The molecule has 3 atom stereocenters. The number of hydrogen-bond acceptors (Lipinski definition) is 3. The number of carbonyl (C=O) groups is 2. The smallest absolute Gasteiger partial charge is 0.323 e. The molecule has 0 saturated heterocycles. The second kappa shape index (κ2) is 6.87. The minimum atomic E-state index is -1.39. The fourth-order valence-corrected chi connectivity index (χ4v) is 5.18. The molecule has 5 rings (SSSR count). The number of ketones is 1. The molecule has 5 heteroatoms. The number of esters is 1. The lowest BCUT2D eigenvalue weighted by Crippen LogP contribution is -2.50. The minimum Gasteiger partial charge on any atom is -0.426 e. The Morgan fingerprint density at radius 2 is 1.23 bits per heavy atom. The molecule has 2 aliphatic rings. The van der Waals surface area contributed by atoms with Crippen LogP contribution in [0.4, 0.5) is 8.78 Å². The summed E-state index contributed by atoms with van der Waals surface area (Å²) in [7, 11) is 0. The lowest BCUT2D eigenvalue weighted by Gasteiger charge is -2.44. The quantitative estimate of drug-likeness (QED) is 0.443. The number of Topliss-reactive ketones (excluding diaryl/α,β-unsaturated/α-hetero) is 1. The first kappa shape index (κ1) is 18.7. The van der Waals surface area contributed by atoms with Crippen LogP contribution in [0.15, 0.2) is 72.8 Å². The fourth-order valence-electron chi connectivity index (χ4n) is 5.18. The van der Waals surface area contributed by atoms with Crippen LogP contribution in [0, 0.1) is 11.6 Å². The molecule has 3 nitrogen and oxygen atoms in total. The molecule has 1 heterocycles. The van der Waals surface area contributed by atoms with Crippen LogP contribution in [0.5, 0.6) is 5.75 Å². The Morgan fingerprint density at radius 1 is 0.733 bits per heavy atom. The molecule has 1 spiro atoms.